The fraction of sp³-hybridized carbons (Fsp3) is 0.587. The molecule has 1 aliphatic rings. The number of aromatic hydroxyl groups is 1. The molecular formula is C46H72N4O9S. The minimum absolute atomic E-state index is 0.0136. The summed E-state index contributed by atoms with van der Waals surface area (Å²) >= 11 is 0. The molecule has 1 heterocycles. The first-order valence-electron chi connectivity index (χ1n) is 21.4. The van der Waals surface area contributed by atoms with Crippen LogP contribution in [0.5, 0.6) is 23.0 Å². The molecule has 3 aromatic rings. The molecule has 0 amide bonds. The van der Waals surface area contributed by atoms with Crippen LogP contribution in [0.15, 0.2) is 66.7 Å². The van der Waals surface area contributed by atoms with E-state index in [1.54, 1.807) is 13.2 Å². The average molecular weight is 857 g/mol. The number of fused-ring (bicyclic) bond motifs is 1. The zero-order valence-corrected chi connectivity index (χ0v) is 37.7. The van der Waals surface area contributed by atoms with Crippen LogP contribution in [0.25, 0.3) is 0 Å². The van der Waals surface area contributed by atoms with Gasteiger partial charge in [0.15, 0.2) is 17.1 Å². The Hall–Kier alpha value is -3.92. The highest BCUT2D eigenvalue weighted by Gasteiger charge is 2.53. The molecule has 2 atom stereocenters. The molecule has 4 rings (SSSR count). The molecular weight excluding hydrogens is 785 g/mol. The second-order valence-electron chi connectivity index (χ2n) is 16.0. The van der Waals surface area contributed by atoms with Crippen LogP contribution in [0.1, 0.15) is 95.8 Å². The molecule has 13 nitrogen and oxygen atoms in total. The summed E-state index contributed by atoms with van der Waals surface area (Å²) in [5.74, 6) is 1.72. The van der Waals surface area contributed by atoms with Crippen LogP contribution in [0.2, 0.25) is 0 Å². The first kappa shape index (κ1) is 50.4. The summed E-state index contributed by atoms with van der Waals surface area (Å²) in [5, 5.41) is 19.8. The molecule has 0 saturated heterocycles. The molecule has 60 heavy (non-hydrogen) atoms. The maximum Gasteiger partial charge on any atom is 0.303 e. The van der Waals surface area contributed by atoms with Crippen molar-refractivity contribution < 1.29 is 41.4 Å². The van der Waals surface area contributed by atoms with E-state index >= 15 is 0 Å². The molecule has 0 aromatic heterocycles. The van der Waals surface area contributed by atoms with Crippen LogP contribution < -0.4 is 35.9 Å². The summed E-state index contributed by atoms with van der Waals surface area (Å²) in [7, 11) is -1.97. The number of carbonyl (C=O) groups excluding carboxylic acids is 1. The number of nitrogens with one attached hydrogen (secondary N) is 3. The molecule has 0 saturated carbocycles. The molecule has 1 aliphatic heterocycles. The van der Waals surface area contributed by atoms with E-state index in [-0.39, 0.29) is 18.5 Å². The van der Waals surface area contributed by atoms with E-state index in [0.717, 1.165) is 101 Å². The van der Waals surface area contributed by atoms with Gasteiger partial charge in [-0.15, -0.1) is 0 Å². The average Bonchev–Trinajstić information content (AvgIpc) is 3.19. The number of carbonyl (C=O) groups is 1. The van der Waals surface area contributed by atoms with Crippen molar-refractivity contribution in [2.24, 2.45) is 5.73 Å². The highest BCUT2D eigenvalue weighted by Crippen LogP contribution is 2.45. The number of benzene rings is 3. The van der Waals surface area contributed by atoms with Gasteiger partial charge >= 0.3 is 5.97 Å². The van der Waals surface area contributed by atoms with Gasteiger partial charge in [0.1, 0.15) is 17.1 Å². The first-order valence-corrected chi connectivity index (χ1v) is 23.2. The first-order chi connectivity index (χ1) is 28.7. The van der Waals surface area contributed by atoms with E-state index in [2.05, 4.69) is 47.1 Å². The molecule has 0 radical (unpaired) electrons. The van der Waals surface area contributed by atoms with Crippen LogP contribution in [0.3, 0.4) is 0 Å². The number of phenols is 1. The highest BCUT2D eigenvalue weighted by molar-refractivity contribution is 7.85. The van der Waals surface area contributed by atoms with Gasteiger partial charge in [0.05, 0.1) is 26.1 Å². The van der Waals surface area contributed by atoms with E-state index in [4.69, 9.17) is 28.9 Å². The third-order valence-electron chi connectivity index (χ3n) is 10.4. The molecule has 0 spiro atoms. The topological polar surface area (TPSA) is 180 Å². The monoisotopic (exact) mass is 857 g/mol. The largest absolute Gasteiger partial charge is 0.504 e. The Labute approximate surface area is 359 Å². The number of hydrogen-bond donors (Lipinski definition) is 5. The lowest BCUT2D eigenvalue weighted by molar-refractivity contribution is -0.189. The Morgan fingerprint density at radius 3 is 2.23 bits per heavy atom. The van der Waals surface area contributed by atoms with E-state index < -0.39 is 27.3 Å². The zero-order chi connectivity index (χ0) is 43.9. The van der Waals surface area contributed by atoms with Crippen molar-refractivity contribution in [3.8, 4) is 23.0 Å². The molecule has 2 unspecified atom stereocenters. The van der Waals surface area contributed by atoms with Crippen LogP contribution in [0.4, 0.5) is 0 Å². The van der Waals surface area contributed by atoms with E-state index in [1.807, 2.05) is 50.2 Å². The van der Waals surface area contributed by atoms with Gasteiger partial charge < -0.3 is 45.7 Å². The summed E-state index contributed by atoms with van der Waals surface area (Å²) in [6, 6.07) is 21.6. The second kappa shape index (κ2) is 26.4. The van der Waals surface area contributed by atoms with E-state index in [0.29, 0.717) is 30.8 Å². The Kier molecular flexibility index (Phi) is 22.2. The van der Waals surface area contributed by atoms with E-state index in [9.17, 15) is 18.3 Å². The predicted molar refractivity (Wildman–Crippen MR) is 238 cm³/mol. The van der Waals surface area contributed by atoms with Gasteiger partial charge in [0, 0.05) is 26.0 Å². The third kappa shape index (κ3) is 18.8. The number of hydrogen-bond acceptors (Lipinski definition) is 13. The van der Waals surface area contributed by atoms with Gasteiger partial charge in [-0.2, -0.15) is 8.42 Å². The smallest absolute Gasteiger partial charge is 0.303 e. The number of rotatable bonds is 27. The number of aryl methyl sites for hydroxylation is 1. The molecule has 336 valence electrons. The number of ether oxygens (including phenoxy) is 4. The quantitative estimate of drug-likeness (QED) is 0.0322. The van der Waals surface area contributed by atoms with Crippen LogP contribution >= 0.6 is 0 Å². The van der Waals surface area contributed by atoms with Gasteiger partial charge in [-0.05, 0) is 153 Å². The Morgan fingerprint density at radius 1 is 0.883 bits per heavy atom. The van der Waals surface area contributed by atoms with E-state index in [1.165, 1.54) is 25.3 Å². The van der Waals surface area contributed by atoms with Crippen molar-refractivity contribution in [3.63, 3.8) is 0 Å². The Balaban J connectivity index is 0.000000349. The lowest BCUT2D eigenvalue weighted by atomic mass is 9.75. The standard InChI is InChI=1S/C28H38O7S.C18H34N4O2/c1-21(11-9-14-23-12-7-6-8-13-23)33-25-16-15-24-20-28(34-22(2)29,17-10-18-32-36(5,30)31)27(3,4)35-26(24)19-25;1-24-18-14-16(6-7-17(18)23)15-22-13-5-12-21-10-3-2-9-20-11-4-8-19/h6-8,12-13,15-16,19,21H,9-11,14,17-18,20H2,1-5H3;6-7,14,20-23H,2-5,8-13,15,19H2,1H3. The molecule has 3 aromatic carbocycles. The minimum Gasteiger partial charge on any atom is -0.504 e. The number of nitrogens with two attached hydrogens (primary N) is 1. The summed E-state index contributed by atoms with van der Waals surface area (Å²) in [4.78, 5) is 12.0. The third-order valence-corrected chi connectivity index (χ3v) is 11.0. The van der Waals surface area contributed by atoms with Crippen molar-refractivity contribution in [1.29, 1.82) is 0 Å². The molecule has 0 aliphatic carbocycles. The number of unbranched alkanes of at least 4 members (excludes halogenated alkanes) is 1. The van der Waals surface area contributed by atoms with Gasteiger partial charge in [-0.25, -0.2) is 0 Å². The van der Waals surface area contributed by atoms with Gasteiger partial charge in [-0.3, -0.25) is 8.98 Å². The zero-order valence-electron chi connectivity index (χ0n) is 36.9. The summed E-state index contributed by atoms with van der Waals surface area (Å²) in [6.45, 7) is 14.0. The predicted octanol–water partition coefficient (Wildman–Crippen LogP) is 6.44. The second-order valence-corrected chi connectivity index (χ2v) is 17.6. The number of methoxy groups -OCH3 is 1. The lowest BCUT2D eigenvalue weighted by Crippen LogP contribution is -2.60. The molecule has 6 N–H and O–H groups in total. The SMILES string of the molecule is CC(=O)OC1(CCCOS(C)(=O)=O)Cc2ccc(OC(C)CCCc3ccccc3)cc2OC1(C)C.COc1cc(CNCCCNCCCCNCCCN)ccc1O. The van der Waals surface area contributed by atoms with Gasteiger partial charge in [0.2, 0.25) is 0 Å². The minimum atomic E-state index is -3.54. The fourth-order valence-corrected chi connectivity index (χ4v) is 7.51. The number of phenolic OH excluding ortho intramolecular Hbond substituents is 1. The van der Waals surface area contributed by atoms with Crippen LogP contribution in [-0.2, 0) is 43.2 Å². The van der Waals surface area contributed by atoms with Crippen molar-refractivity contribution in [3.05, 3.63) is 83.4 Å². The normalized spacial score (nSPS) is 16.1. The van der Waals surface area contributed by atoms with Gasteiger partial charge in [-0.1, -0.05) is 42.5 Å². The van der Waals surface area contributed by atoms with Crippen molar-refractivity contribution in [1.82, 2.24) is 16.0 Å². The van der Waals surface area contributed by atoms with Crippen LogP contribution in [-0.4, -0.2) is 96.0 Å². The summed E-state index contributed by atoms with van der Waals surface area (Å²) in [6.07, 6.45) is 9.86. The van der Waals surface area contributed by atoms with Gasteiger partial charge in [0.25, 0.3) is 10.1 Å². The molecule has 0 bridgehead atoms. The maximum atomic E-state index is 12.0. The number of esters is 1. The fourth-order valence-electron chi connectivity index (χ4n) is 7.09. The lowest BCUT2D eigenvalue weighted by Gasteiger charge is -2.49. The summed E-state index contributed by atoms with van der Waals surface area (Å²) < 4.78 is 51.0. The molecule has 0 fully saturated rings. The van der Waals surface area contributed by atoms with Crippen molar-refractivity contribution in [2.45, 2.75) is 116 Å². The maximum absolute atomic E-state index is 12.0. The Bertz CT molecular complexity index is 1800. The van der Waals surface area contributed by atoms with Crippen molar-refractivity contribution >= 4 is 16.1 Å². The van der Waals surface area contributed by atoms with Crippen molar-refractivity contribution in [2.75, 3.05) is 59.2 Å². The Morgan fingerprint density at radius 2 is 1.57 bits per heavy atom. The van der Waals surface area contributed by atoms with Crippen LogP contribution in [0, 0.1) is 0 Å². The summed E-state index contributed by atoms with van der Waals surface area (Å²) in [5.41, 5.74) is 6.98. The highest BCUT2D eigenvalue weighted by atomic mass is 32.2. The molecule has 14 heteroatoms.